The molecular formula is C21H18ClFN4O3. The maximum atomic E-state index is 13.4. The van der Waals surface area contributed by atoms with Crippen molar-refractivity contribution in [2.24, 2.45) is 0 Å². The number of imidazole rings is 1. The predicted octanol–water partition coefficient (Wildman–Crippen LogP) is 2.84. The van der Waals surface area contributed by atoms with Crippen LogP contribution >= 0.6 is 11.6 Å². The fourth-order valence-electron chi connectivity index (χ4n) is 3.33. The van der Waals surface area contributed by atoms with Gasteiger partial charge in [-0.3, -0.25) is 9.36 Å². The lowest BCUT2D eigenvalue weighted by molar-refractivity contribution is 0.184. The van der Waals surface area contributed by atoms with Crippen LogP contribution in [-0.4, -0.2) is 32.4 Å². The molecule has 0 aliphatic carbocycles. The summed E-state index contributed by atoms with van der Waals surface area (Å²) in [6, 6.07) is 12.7. The van der Waals surface area contributed by atoms with Crippen LogP contribution in [0.2, 0.25) is 5.02 Å². The number of nitrogens with zero attached hydrogens (tertiary/aromatic N) is 4. The summed E-state index contributed by atoms with van der Waals surface area (Å²) in [4.78, 5) is 30.6. The minimum atomic E-state index is -0.566. The van der Waals surface area contributed by atoms with E-state index in [-0.39, 0.29) is 24.3 Å². The fourth-order valence-corrected chi connectivity index (χ4v) is 3.55. The van der Waals surface area contributed by atoms with E-state index >= 15 is 0 Å². The molecule has 0 N–H and O–H groups in total. The highest BCUT2D eigenvalue weighted by atomic mass is 35.5. The molecule has 0 aliphatic rings. The summed E-state index contributed by atoms with van der Waals surface area (Å²) in [5, 5.41) is 0.581. The van der Waals surface area contributed by atoms with Crippen molar-refractivity contribution >= 4 is 22.8 Å². The zero-order valence-electron chi connectivity index (χ0n) is 16.1. The normalized spacial score (nSPS) is 11.3. The summed E-state index contributed by atoms with van der Waals surface area (Å²) in [6.45, 7) is 0.609. The highest BCUT2D eigenvalue weighted by Gasteiger charge is 2.19. The standard InChI is InChI=1S/C21H18ClFN4O3/c1-30-10-9-26-20(28)18-19(27(21(26)29)17-7-5-16(23)6-8-17)24-13-25(18)12-14-3-2-4-15(22)11-14/h2-8,11,13H,9-10,12H2,1H3. The van der Waals surface area contributed by atoms with Gasteiger partial charge in [0.1, 0.15) is 5.82 Å². The smallest absolute Gasteiger partial charge is 0.337 e. The topological polar surface area (TPSA) is 71.1 Å². The van der Waals surface area contributed by atoms with Crippen molar-refractivity contribution in [3.05, 3.63) is 92.1 Å². The van der Waals surface area contributed by atoms with Crippen LogP contribution in [0.15, 0.2) is 64.4 Å². The molecule has 0 fully saturated rings. The van der Waals surface area contributed by atoms with Crippen LogP contribution < -0.4 is 11.2 Å². The number of halogens is 2. The van der Waals surface area contributed by atoms with Gasteiger partial charge in [0, 0.05) is 18.7 Å². The molecule has 0 unspecified atom stereocenters. The molecule has 0 saturated carbocycles. The van der Waals surface area contributed by atoms with Gasteiger partial charge in [-0.05, 0) is 42.0 Å². The quantitative estimate of drug-likeness (QED) is 0.473. The molecule has 7 nitrogen and oxygen atoms in total. The number of aromatic nitrogens is 4. The van der Waals surface area contributed by atoms with Crippen molar-refractivity contribution < 1.29 is 9.13 Å². The van der Waals surface area contributed by atoms with E-state index in [0.29, 0.717) is 17.3 Å². The molecule has 0 atom stereocenters. The van der Waals surface area contributed by atoms with Crippen LogP contribution in [0.3, 0.4) is 0 Å². The number of methoxy groups -OCH3 is 1. The van der Waals surface area contributed by atoms with Gasteiger partial charge in [0.15, 0.2) is 11.2 Å². The largest absolute Gasteiger partial charge is 0.383 e. The molecule has 0 saturated heterocycles. The van der Waals surface area contributed by atoms with E-state index in [4.69, 9.17) is 16.3 Å². The number of ether oxygens (including phenoxy) is 1. The lowest BCUT2D eigenvalue weighted by Gasteiger charge is -2.12. The van der Waals surface area contributed by atoms with Gasteiger partial charge in [-0.15, -0.1) is 0 Å². The van der Waals surface area contributed by atoms with Crippen molar-refractivity contribution in [3.8, 4) is 5.69 Å². The van der Waals surface area contributed by atoms with Crippen LogP contribution in [0.5, 0.6) is 0 Å². The Hall–Kier alpha value is -3.23. The van der Waals surface area contributed by atoms with E-state index in [9.17, 15) is 14.0 Å². The summed E-state index contributed by atoms with van der Waals surface area (Å²) in [5.74, 6) is -0.428. The van der Waals surface area contributed by atoms with Crippen molar-refractivity contribution in [3.63, 3.8) is 0 Å². The first-order chi connectivity index (χ1) is 14.5. The molecule has 4 aromatic rings. The Kier molecular flexibility index (Phi) is 5.52. The van der Waals surface area contributed by atoms with E-state index in [0.717, 1.165) is 10.1 Å². The summed E-state index contributed by atoms with van der Waals surface area (Å²) in [6.07, 6.45) is 1.51. The minimum Gasteiger partial charge on any atom is -0.383 e. The fraction of sp³-hybridized carbons (Fsp3) is 0.190. The molecule has 0 radical (unpaired) electrons. The minimum absolute atomic E-state index is 0.0770. The third-order valence-corrected chi connectivity index (χ3v) is 4.98. The molecule has 2 heterocycles. The van der Waals surface area contributed by atoms with Gasteiger partial charge in [0.25, 0.3) is 5.56 Å². The van der Waals surface area contributed by atoms with E-state index in [1.54, 1.807) is 16.7 Å². The van der Waals surface area contributed by atoms with Crippen molar-refractivity contribution in [1.29, 1.82) is 0 Å². The Labute approximate surface area is 175 Å². The van der Waals surface area contributed by atoms with Gasteiger partial charge < -0.3 is 9.30 Å². The third kappa shape index (κ3) is 3.67. The Morgan fingerprint density at radius 1 is 1.13 bits per heavy atom. The molecular weight excluding hydrogens is 411 g/mol. The van der Waals surface area contributed by atoms with Crippen molar-refractivity contribution in [2.75, 3.05) is 13.7 Å². The van der Waals surface area contributed by atoms with Crippen LogP contribution in [0, 0.1) is 5.82 Å². The SMILES string of the molecule is COCCn1c(=O)c2c(ncn2Cc2cccc(Cl)c2)n(-c2ccc(F)cc2)c1=O. The summed E-state index contributed by atoms with van der Waals surface area (Å²) < 4.78 is 22.6. The maximum Gasteiger partial charge on any atom is 0.337 e. The maximum absolute atomic E-state index is 13.4. The van der Waals surface area contributed by atoms with Gasteiger partial charge >= 0.3 is 5.69 Å². The van der Waals surface area contributed by atoms with Crippen molar-refractivity contribution in [2.45, 2.75) is 13.1 Å². The molecule has 2 aromatic heterocycles. The van der Waals surface area contributed by atoms with Gasteiger partial charge in [-0.2, -0.15) is 0 Å². The Balaban J connectivity index is 1.96. The first kappa shape index (κ1) is 20.1. The molecule has 9 heteroatoms. The Morgan fingerprint density at radius 3 is 2.60 bits per heavy atom. The second kappa shape index (κ2) is 8.25. The third-order valence-electron chi connectivity index (χ3n) is 4.75. The molecule has 0 bridgehead atoms. The first-order valence-corrected chi connectivity index (χ1v) is 9.57. The lowest BCUT2D eigenvalue weighted by atomic mass is 10.2. The molecule has 0 aliphatic heterocycles. The second-order valence-corrected chi connectivity index (χ2v) is 7.16. The molecule has 4 rings (SSSR count). The number of hydrogen-bond donors (Lipinski definition) is 0. The van der Waals surface area contributed by atoms with Crippen LogP contribution in [-0.2, 0) is 17.8 Å². The summed E-state index contributed by atoms with van der Waals surface area (Å²) in [7, 11) is 1.49. The van der Waals surface area contributed by atoms with Gasteiger partial charge in [-0.25, -0.2) is 18.7 Å². The summed E-state index contributed by atoms with van der Waals surface area (Å²) in [5.41, 5.74) is 0.714. The van der Waals surface area contributed by atoms with Gasteiger partial charge in [-0.1, -0.05) is 23.7 Å². The average molecular weight is 429 g/mol. The molecule has 30 heavy (non-hydrogen) atoms. The van der Waals surface area contributed by atoms with E-state index in [1.165, 1.54) is 42.3 Å². The zero-order chi connectivity index (χ0) is 21.3. The molecule has 154 valence electrons. The second-order valence-electron chi connectivity index (χ2n) is 6.72. The highest BCUT2D eigenvalue weighted by Crippen LogP contribution is 2.17. The Morgan fingerprint density at radius 2 is 1.90 bits per heavy atom. The van der Waals surface area contributed by atoms with E-state index in [2.05, 4.69) is 4.98 Å². The first-order valence-electron chi connectivity index (χ1n) is 9.19. The van der Waals surface area contributed by atoms with Crippen LogP contribution in [0.1, 0.15) is 5.56 Å². The molecule has 0 amide bonds. The van der Waals surface area contributed by atoms with E-state index < -0.39 is 17.1 Å². The number of rotatable bonds is 6. The van der Waals surface area contributed by atoms with Crippen molar-refractivity contribution in [1.82, 2.24) is 18.7 Å². The van der Waals surface area contributed by atoms with Crippen LogP contribution in [0.4, 0.5) is 4.39 Å². The number of hydrogen-bond acceptors (Lipinski definition) is 4. The molecule has 2 aromatic carbocycles. The lowest BCUT2D eigenvalue weighted by Crippen LogP contribution is -2.41. The predicted molar refractivity (Wildman–Crippen MR) is 112 cm³/mol. The van der Waals surface area contributed by atoms with Gasteiger partial charge in [0.05, 0.1) is 25.2 Å². The Bertz CT molecular complexity index is 1330. The number of fused-ring (bicyclic) bond motifs is 1. The number of benzene rings is 2. The van der Waals surface area contributed by atoms with Gasteiger partial charge in [0.2, 0.25) is 0 Å². The van der Waals surface area contributed by atoms with E-state index in [1.807, 2.05) is 12.1 Å². The monoisotopic (exact) mass is 428 g/mol. The zero-order valence-corrected chi connectivity index (χ0v) is 16.8. The highest BCUT2D eigenvalue weighted by molar-refractivity contribution is 6.30. The summed E-state index contributed by atoms with van der Waals surface area (Å²) >= 11 is 6.08. The average Bonchev–Trinajstić information content (AvgIpc) is 3.13. The molecule has 0 spiro atoms. The van der Waals surface area contributed by atoms with Crippen LogP contribution in [0.25, 0.3) is 16.9 Å².